The van der Waals surface area contributed by atoms with Gasteiger partial charge in [-0.05, 0) is 55.4 Å². The Morgan fingerprint density at radius 1 is 1.24 bits per heavy atom. The summed E-state index contributed by atoms with van der Waals surface area (Å²) >= 11 is 1.34. The normalized spacial score (nSPS) is 17.9. The summed E-state index contributed by atoms with van der Waals surface area (Å²) in [6.07, 6.45) is 5.12. The molecule has 2 heterocycles. The summed E-state index contributed by atoms with van der Waals surface area (Å²) in [4.78, 5) is 19.0. The molecule has 1 amide bonds. The summed E-state index contributed by atoms with van der Waals surface area (Å²) in [5.74, 6) is -1.35. The van der Waals surface area contributed by atoms with E-state index in [2.05, 4.69) is 4.99 Å². The van der Waals surface area contributed by atoms with Crippen LogP contribution in [-0.4, -0.2) is 33.6 Å². The third-order valence-electron chi connectivity index (χ3n) is 3.70. The minimum absolute atomic E-state index is 0.0830. The summed E-state index contributed by atoms with van der Waals surface area (Å²) < 4.78 is 28.5. The van der Waals surface area contributed by atoms with Gasteiger partial charge in [0.2, 0.25) is 0 Å². The number of amides is 1. The summed E-state index contributed by atoms with van der Waals surface area (Å²) in [6.45, 7) is 4.99. The van der Waals surface area contributed by atoms with Gasteiger partial charge in [0.05, 0.1) is 10.6 Å². The van der Waals surface area contributed by atoms with E-state index in [0.717, 1.165) is 11.6 Å². The summed E-state index contributed by atoms with van der Waals surface area (Å²) in [5.41, 5.74) is 1.01. The summed E-state index contributed by atoms with van der Waals surface area (Å²) in [7, 11) is 0. The van der Waals surface area contributed by atoms with Crippen LogP contribution in [0, 0.1) is 11.6 Å². The van der Waals surface area contributed by atoms with E-state index in [-0.39, 0.29) is 11.6 Å². The van der Waals surface area contributed by atoms with E-state index in [1.165, 1.54) is 23.9 Å². The van der Waals surface area contributed by atoms with Crippen LogP contribution < -0.4 is 0 Å². The number of benzene rings is 1. The molecule has 25 heavy (non-hydrogen) atoms. The average Bonchev–Trinajstić information content (AvgIpc) is 3.13. The predicted molar refractivity (Wildman–Crippen MR) is 96.6 cm³/mol. The number of aliphatic imine (C=N–C) groups is 1. The van der Waals surface area contributed by atoms with Crippen molar-refractivity contribution in [3.63, 3.8) is 0 Å². The minimum Gasteiger partial charge on any atom is -0.321 e. The first-order valence-electron chi connectivity index (χ1n) is 7.92. The van der Waals surface area contributed by atoms with Crippen molar-refractivity contribution in [3.8, 4) is 5.69 Å². The van der Waals surface area contributed by atoms with Gasteiger partial charge in [0.25, 0.3) is 5.91 Å². The van der Waals surface area contributed by atoms with Crippen LogP contribution in [0.5, 0.6) is 0 Å². The van der Waals surface area contributed by atoms with Crippen LogP contribution >= 0.6 is 11.8 Å². The van der Waals surface area contributed by atoms with Crippen LogP contribution in [0.3, 0.4) is 0 Å². The topological polar surface area (TPSA) is 37.6 Å². The molecule has 1 aromatic carbocycles. The van der Waals surface area contributed by atoms with Crippen LogP contribution in [0.25, 0.3) is 11.8 Å². The monoisotopic (exact) mass is 361 g/mol. The van der Waals surface area contributed by atoms with Gasteiger partial charge in [-0.25, -0.2) is 8.78 Å². The van der Waals surface area contributed by atoms with Crippen LogP contribution in [0.4, 0.5) is 8.78 Å². The van der Waals surface area contributed by atoms with E-state index < -0.39 is 11.6 Å². The van der Waals surface area contributed by atoms with Gasteiger partial charge in [-0.15, -0.1) is 0 Å². The Morgan fingerprint density at radius 3 is 2.72 bits per heavy atom. The van der Waals surface area contributed by atoms with Gasteiger partial charge >= 0.3 is 0 Å². The van der Waals surface area contributed by atoms with Crippen molar-refractivity contribution in [2.75, 3.05) is 13.1 Å². The zero-order valence-corrected chi connectivity index (χ0v) is 14.7. The maximum Gasteiger partial charge on any atom is 0.266 e. The number of halogens is 2. The molecule has 0 unspecified atom stereocenters. The second kappa shape index (κ2) is 7.23. The number of aromatic nitrogens is 1. The van der Waals surface area contributed by atoms with Crippen molar-refractivity contribution in [1.29, 1.82) is 0 Å². The first kappa shape index (κ1) is 17.4. The van der Waals surface area contributed by atoms with E-state index in [4.69, 9.17) is 0 Å². The number of likely N-dealkylation sites (N-methyl/N-ethyl adjacent to an activating group) is 1. The van der Waals surface area contributed by atoms with Gasteiger partial charge in [0, 0.05) is 31.5 Å². The molecule has 1 aliphatic heterocycles. The molecule has 1 aromatic heterocycles. The molecular weight excluding hydrogens is 344 g/mol. The van der Waals surface area contributed by atoms with Gasteiger partial charge in [-0.3, -0.25) is 14.7 Å². The fraction of sp³-hybridized carbons (Fsp3) is 0.222. The van der Waals surface area contributed by atoms with Gasteiger partial charge in [-0.1, -0.05) is 0 Å². The standard InChI is InChI=1S/C18H17F2N3OS/c1-3-21-18-23(4-2)17(24)16(25-18)9-12-7-8-22(11-12)15-6-5-13(19)10-14(15)20/h5-11H,3-4H2,1-2H3/b16-9+,21-18?. The molecule has 0 spiro atoms. The van der Waals surface area contributed by atoms with Crippen molar-refractivity contribution >= 4 is 28.9 Å². The quantitative estimate of drug-likeness (QED) is 0.770. The van der Waals surface area contributed by atoms with Crippen molar-refractivity contribution in [3.05, 3.63) is 58.8 Å². The Hall–Kier alpha value is -2.41. The molecule has 0 N–H and O–H groups in total. The van der Waals surface area contributed by atoms with Crippen molar-refractivity contribution in [2.45, 2.75) is 13.8 Å². The first-order chi connectivity index (χ1) is 12.0. The van der Waals surface area contributed by atoms with Gasteiger partial charge in [-0.2, -0.15) is 0 Å². The average molecular weight is 361 g/mol. The van der Waals surface area contributed by atoms with Crippen LogP contribution in [0.1, 0.15) is 19.4 Å². The molecule has 4 nitrogen and oxygen atoms in total. The molecule has 130 valence electrons. The Morgan fingerprint density at radius 2 is 2.04 bits per heavy atom. The van der Waals surface area contributed by atoms with Crippen LogP contribution in [-0.2, 0) is 4.79 Å². The van der Waals surface area contributed by atoms with E-state index in [9.17, 15) is 13.6 Å². The molecule has 7 heteroatoms. The molecule has 3 rings (SSSR count). The highest BCUT2D eigenvalue weighted by Crippen LogP contribution is 2.32. The molecule has 0 aliphatic carbocycles. The zero-order valence-electron chi connectivity index (χ0n) is 13.9. The van der Waals surface area contributed by atoms with Gasteiger partial charge in [0.15, 0.2) is 5.17 Å². The molecular formula is C18H17F2N3OS. The second-order valence-corrected chi connectivity index (χ2v) is 6.37. The lowest BCUT2D eigenvalue weighted by molar-refractivity contribution is -0.122. The summed E-state index contributed by atoms with van der Waals surface area (Å²) in [6, 6.07) is 5.20. The second-order valence-electron chi connectivity index (χ2n) is 5.36. The predicted octanol–water partition coefficient (Wildman–Crippen LogP) is 4.07. The minimum atomic E-state index is -0.643. The Balaban J connectivity index is 1.89. The third kappa shape index (κ3) is 3.51. The Bertz CT molecular complexity index is 873. The SMILES string of the molecule is CCN=C1S/C(=C/c2ccn(-c3ccc(F)cc3F)c2)C(=O)N1CC. The van der Waals surface area contributed by atoms with E-state index in [0.29, 0.717) is 23.2 Å². The number of amidine groups is 1. The lowest BCUT2D eigenvalue weighted by Gasteiger charge is -2.11. The summed E-state index contributed by atoms with van der Waals surface area (Å²) in [5, 5.41) is 0.699. The number of hydrogen-bond acceptors (Lipinski definition) is 3. The smallest absolute Gasteiger partial charge is 0.266 e. The van der Waals surface area contributed by atoms with Crippen molar-refractivity contribution in [1.82, 2.24) is 9.47 Å². The number of thioether (sulfide) groups is 1. The van der Waals surface area contributed by atoms with Crippen molar-refractivity contribution in [2.24, 2.45) is 4.99 Å². The van der Waals surface area contributed by atoms with Gasteiger partial charge in [0.1, 0.15) is 11.6 Å². The molecule has 1 aliphatic rings. The van der Waals surface area contributed by atoms with Crippen LogP contribution in [0.2, 0.25) is 0 Å². The molecule has 0 atom stereocenters. The fourth-order valence-electron chi connectivity index (χ4n) is 2.53. The molecule has 0 bridgehead atoms. The molecule has 0 radical (unpaired) electrons. The number of nitrogens with zero attached hydrogens (tertiary/aromatic N) is 3. The number of carbonyl (C=O) groups excluding carboxylic acids is 1. The van der Waals surface area contributed by atoms with E-state index in [1.807, 2.05) is 13.8 Å². The maximum absolute atomic E-state index is 13.9. The highest BCUT2D eigenvalue weighted by Gasteiger charge is 2.31. The molecule has 2 aromatic rings. The highest BCUT2D eigenvalue weighted by molar-refractivity contribution is 8.18. The first-order valence-corrected chi connectivity index (χ1v) is 8.74. The number of carbonyl (C=O) groups is 1. The lowest BCUT2D eigenvalue weighted by Crippen LogP contribution is -2.28. The van der Waals surface area contributed by atoms with Crippen LogP contribution in [0.15, 0.2) is 46.6 Å². The Kier molecular flexibility index (Phi) is 5.03. The van der Waals surface area contributed by atoms with E-state index in [1.54, 1.807) is 34.0 Å². The molecule has 0 saturated carbocycles. The molecule has 1 saturated heterocycles. The lowest BCUT2D eigenvalue weighted by atomic mass is 10.3. The zero-order chi connectivity index (χ0) is 18.0. The molecule has 1 fully saturated rings. The van der Waals surface area contributed by atoms with Crippen molar-refractivity contribution < 1.29 is 13.6 Å². The van der Waals surface area contributed by atoms with E-state index >= 15 is 0 Å². The Labute approximate surface area is 148 Å². The third-order valence-corrected chi connectivity index (χ3v) is 4.74. The number of hydrogen-bond donors (Lipinski definition) is 0. The highest BCUT2D eigenvalue weighted by atomic mass is 32.2. The largest absolute Gasteiger partial charge is 0.321 e. The van der Waals surface area contributed by atoms with Gasteiger partial charge < -0.3 is 4.57 Å². The fourth-order valence-corrected chi connectivity index (χ4v) is 3.64. The number of rotatable bonds is 4. The maximum atomic E-state index is 13.9.